The van der Waals surface area contributed by atoms with Gasteiger partial charge in [-0.1, -0.05) is 19.3 Å². The van der Waals surface area contributed by atoms with E-state index in [4.69, 9.17) is 5.73 Å². The summed E-state index contributed by atoms with van der Waals surface area (Å²) in [6.45, 7) is 0.785. The van der Waals surface area contributed by atoms with Crippen LogP contribution in [0.1, 0.15) is 55.3 Å². The fourth-order valence-electron chi connectivity index (χ4n) is 3.29. The number of carbonyl (C=O) groups excluding carboxylic acids is 1. The molecule has 0 aromatic heterocycles. The largest absolute Gasteiger partial charge is 0.399 e. The predicted molar refractivity (Wildman–Crippen MR) is 81.4 cm³/mol. The van der Waals surface area contributed by atoms with E-state index in [2.05, 4.69) is 0 Å². The number of hydrogen-bond donors (Lipinski definition) is 1. The number of amides is 1. The summed E-state index contributed by atoms with van der Waals surface area (Å²) in [5, 5.41) is 0. The zero-order chi connectivity index (χ0) is 14.8. The maximum absolute atomic E-state index is 14.0. The summed E-state index contributed by atoms with van der Waals surface area (Å²) in [5.41, 5.74) is 6.08. The molecule has 1 amide bonds. The number of halogens is 1. The Morgan fingerprint density at radius 3 is 2.52 bits per heavy atom. The monoisotopic (exact) mass is 290 g/mol. The molecule has 0 saturated heterocycles. The zero-order valence-corrected chi connectivity index (χ0v) is 12.4. The number of nitrogen functional groups attached to an aromatic ring is 1. The van der Waals surface area contributed by atoms with Crippen molar-refractivity contribution in [3.63, 3.8) is 0 Å². The fourth-order valence-corrected chi connectivity index (χ4v) is 3.29. The first-order chi connectivity index (χ1) is 10.1. The molecule has 0 unspecified atom stereocenters. The van der Waals surface area contributed by atoms with Crippen LogP contribution in [0.4, 0.5) is 10.1 Å². The normalized spacial score (nSPS) is 19.5. The first kappa shape index (κ1) is 14.4. The number of rotatable bonds is 4. The number of nitrogens with two attached hydrogens (primary N) is 1. The van der Waals surface area contributed by atoms with Crippen LogP contribution in [0.3, 0.4) is 0 Å². The number of hydrogen-bond acceptors (Lipinski definition) is 2. The molecular weight excluding hydrogens is 267 g/mol. The molecule has 0 atom stereocenters. The van der Waals surface area contributed by atoms with E-state index in [1.807, 2.05) is 4.90 Å². The summed E-state index contributed by atoms with van der Waals surface area (Å²) in [6, 6.07) is 4.67. The Labute approximate surface area is 125 Å². The second-order valence-electron chi connectivity index (χ2n) is 6.43. The van der Waals surface area contributed by atoms with Crippen LogP contribution in [-0.4, -0.2) is 23.4 Å². The minimum Gasteiger partial charge on any atom is -0.399 e. The summed E-state index contributed by atoms with van der Waals surface area (Å²) < 4.78 is 14.0. The molecule has 2 aliphatic carbocycles. The van der Waals surface area contributed by atoms with Crippen LogP contribution in [-0.2, 0) is 0 Å². The molecule has 0 radical (unpaired) electrons. The van der Waals surface area contributed by atoms with Crippen molar-refractivity contribution >= 4 is 11.6 Å². The van der Waals surface area contributed by atoms with Crippen LogP contribution in [0.2, 0.25) is 0 Å². The predicted octanol–water partition coefficient (Wildman–Crippen LogP) is 3.59. The molecule has 0 aliphatic heterocycles. The molecule has 0 heterocycles. The van der Waals surface area contributed by atoms with Gasteiger partial charge in [-0.2, -0.15) is 0 Å². The topological polar surface area (TPSA) is 46.3 Å². The lowest BCUT2D eigenvalue weighted by molar-refractivity contribution is 0.0694. The molecule has 3 nitrogen and oxygen atoms in total. The number of anilines is 1. The van der Waals surface area contributed by atoms with Gasteiger partial charge >= 0.3 is 0 Å². The van der Waals surface area contributed by atoms with Gasteiger partial charge in [-0.25, -0.2) is 4.39 Å². The number of nitrogens with zero attached hydrogens (tertiary/aromatic N) is 1. The standard InChI is InChI=1S/C17H23FN2O/c18-16-10-13(19)6-9-15(16)17(21)20(14-7-8-14)11-12-4-2-1-3-5-12/h6,9-10,12,14H,1-5,7-8,11,19H2. The van der Waals surface area contributed by atoms with Crippen molar-refractivity contribution in [2.45, 2.75) is 51.0 Å². The van der Waals surface area contributed by atoms with Crippen molar-refractivity contribution in [3.8, 4) is 0 Å². The number of carbonyl (C=O) groups is 1. The highest BCUT2D eigenvalue weighted by molar-refractivity contribution is 5.95. The van der Waals surface area contributed by atoms with Gasteiger partial charge in [0, 0.05) is 18.3 Å². The van der Waals surface area contributed by atoms with Crippen LogP contribution >= 0.6 is 0 Å². The zero-order valence-electron chi connectivity index (χ0n) is 12.4. The van der Waals surface area contributed by atoms with Crippen molar-refractivity contribution in [1.82, 2.24) is 4.90 Å². The van der Waals surface area contributed by atoms with Crippen molar-refractivity contribution in [3.05, 3.63) is 29.6 Å². The molecule has 21 heavy (non-hydrogen) atoms. The van der Waals surface area contributed by atoms with Gasteiger partial charge in [0.05, 0.1) is 5.56 Å². The van der Waals surface area contributed by atoms with Crippen molar-refractivity contribution in [1.29, 1.82) is 0 Å². The highest BCUT2D eigenvalue weighted by Gasteiger charge is 2.35. The van der Waals surface area contributed by atoms with Gasteiger partial charge in [-0.05, 0) is 49.8 Å². The fraction of sp³-hybridized carbons (Fsp3) is 0.588. The van der Waals surface area contributed by atoms with Gasteiger partial charge in [0.2, 0.25) is 0 Å². The van der Waals surface area contributed by atoms with Crippen molar-refractivity contribution < 1.29 is 9.18 Å². The average molecular weight is 290 g/mol. The lowest BCUT2D eigenvalue weighted by atomic mass is 9.88. The third-order valence-electron chi connectivity index (χ3n) is 4.65. The third kappa shape index (κ3) is 3.36. The van der Waals surface area contributed by atoms with Crippen LogP contribution in [0.5, 0.6) is 0 Å². The second-order valence-corrected chi connectivity index (χ2v) is 6.43. The highest BCUT2D eigenvalue weighted by Crippen LogP contribution is 2.32. The Balaban J connectivity index is 1.75. The van der Waals surface area contributed by atoms with Gasteiger partial charge in [-0.3, -0.25) is 4.79 Å². The number of benzene rings is 1. The maximum Gasteiger partial charge on any atom is 0.257 e. The van der Waals surface area contributed by atoms with E-state index in [1.54, 1.807) is 6.07 Å². The lowest BCUT2D eigenvalue weighted by Crippen LogP contribution is -2.38. The minimum atomic E-state index is -0.505. The molecule has 1 aromatic carbocycles. The molecule has 114 valence electrons. The quantitative estimate of drug-likeness (QED) is 0.861. The summed E-state index contributed by atoms with van der Waals surface area (Å²) in [4.78, 5) is 14.6. The van der Waals surface area contributed by atoms with Crippen LogP contribution in [0.25, 0.3) is 0 Å². The minimum absolute atomic E-state index is 0.159. The Hall–Kier alpha value is -1.58. The van der Waals surface area contributed by atoms with Gasteiger partial charge in [0.1, 0.15) is 5.82 Å². The summed E-state index contributed by atoms with van der Waals surface area (Å²) >= 11 is 0. The lowest BCUT2D eigenvalue weighted by Gasteiger charge is -2.30. The molecule has 4 heteroatoms. The van der Waals surface area contributed by atoms with E-state index in [1.165, 1.54) is 44.2 Å². The van der Waals surface area contributed by atoms with Gasteiger partial charge < -0.3 is 10.6 Å². The average Bonchev–Trinajstić information content (AvgIpc) is 3.30. The van der Waals surface area contributed by atoms with E-state index in [9.17, 15) is 9.18 Å². The Morgan fingerprint density at radius 1 is 1.19 bits per heavy atom. The molecule has 0 spiro atoms. The molecule has 0 bridgehead atoms. The summed E-state index contributed by atoms with van der Waals surface area (Å²) in [5.74, 6) is -0.0880. The first-order valence-corrected chi connectivity index (χ1v) is 8.01. The second kappa shape index (κ2) is 6.04. The van der Waals surface area contributed by atoms with E-state index >= 15 is 0 Å². The molecule has 2 saturated carbocycles. The van der Waals surface area contributed by atoms with E-state index in [0.717, 1.165) is 19.4 Å². The summed E-state index contributed by atoms with van der Waals surface area (Å²) in [6.07, 6.45) is 8.31. The first-order valence-electron chi connectivity index (χ1n) is 8.01. The van der Waals surface area contributed by atoms with Crippen molar-refractivity contribution in [2.24, 2.45) is 5.92 Å². The van der Waals surface area contributed by atoms with E-state index in [0.29, 0.717) is 17.6 Å². The smallest absolute Gasteiger partial charge is 0.257 e. The molecular formula is C17H23FN2O. The van der Waals surface area contributed by atoms with Crippen LogP contribution < -0.4 is 5.73 Å². The van der Waals surface area contributed by atoms with Gasteiger partial charge in [-0.15, -0.1) is 0 Å². The SMILES string of the molecule is Nc1ccc(C(=O)N(CC2CCCCC2)C2CC2)c(F)c1. The molecule has 2 N–H and O–H groups in total. The molecule has 1 aromatic rings. The van der Waals surface area contributed by atoms with E-state index in [-0.39, 0.29) is 11.5 Å². The maximum atomic E-state index is 14.0. The van der Waals surface area contributed by atoms with Crippen LogP contribution in [0, 0.1) is 11.7 Å². The van der Waals surface area contributed by atoms with E-state index < -0.39 is 5.82 Å². The Morgan fingerprint density at radius 2 is 1.90 bits per heavy atom. The van der Waals surface area contributed by atoms with Gasteiger partial charge in [0.15, 0.2) is 0 Å². The van der Waals surface area contributed by atoms with Crippen molar-refractivity contribution in [2.75, 3.05) is 12.3 Å². The molecule has 2 aliphatic rings. The third-order valence-corrected chi connectivity index (χ3v) is 4.65. The Bertz CT molecular complexity index is 522. The Kier molecular flexibility index (Phi) is 4.13. The van der Waals surface area contributed by atoms with Crippen LogP contribution in [0.15, 0.2) is 18.2 Å². The van der Waals surface area contributed by atoms with Gasteiger partial charge in [0.25, 0.3) is 5.91 Å². The molecule has 3 rings (SSSR count). The highest BCUT2D eigenvalue weighted by atomic mass is 19.1. The summed E-state index contributed by atoms with van der Waals surface area (Å²) in [7, 11) is 0. The molecule has 2 fully saturated rings.